The maximum Gasteiger partial charge on any atom is 0.102 e. The van der Waals surface area contributed by atoms with Crippen LogP contribution < -0.4 is 11.0 Å². The van der Waals surface area contributed by atoms with Gasteiger partial charge in [0.15, 0.2) is 0 Å². The summed E-state index contributed by atoms with van der Waals surface area (Å²) in [6.07, 6.45) is -0.0579. The van der Waals surface area contributed by atoms with Crippen LogP contribution in [-0.4, -0.2) is 12.7 Å². The lowest BCUT2D eigenvalue weighted by Crippen LogP contribution is -2.26. The highest BCUT2D eigenvalue weighted by Crippen LogP contribution is 2.39. The molecule has 2 aromatic rings. The Kier molecular flexibility index (Phi) is 5.09. The first-order valence-electron chi connectivity index (χ1n) is 6.44. The summed E-state index contributed by atoms with van der Waals surface area (Å²) in [7, 11) is -0.651. The molecule has 2 aromatic carbocycles. The molecule has 0 aliphatic carbocycles. The summed E-state index contributed by atoms with van der Waals surface area (Å²) < 4.78 is 6.22. The molecule has 19 heavy (non-hydrogen) atoms. The Bertz CT molecular complexity index is 487. The van der Waals surface area contributed by atoms with Crippen molar-refractivity contribution in [2.75, 3.05) is 6.66 Å². The van der Waals surface area contributed by atoms with Crippen molar-refractivity contribution in [1.29, 1.82) is 0 Å². The van der Waals surface area contributed by atoms with Crippen LogP contribution in [0.15, 0.2) is 60.7 Å². The normalized spacial score (nSPS) is 15.7. The first-order valence-corrected chi connectivity index (χ1v) is 8.15. The minimum Gasteiger partial charge on any atom is -0.345 e. The van der Waals surface area contributed by atoms with E-state index in [2.05, 4.69) is 30.9 Å². The van der Waals surface area contributed by atoms with Gasteiger partial charge in [-0.15, -0.1) is 0 Å². The van der Waals surface area contributed by atoms with Crippen molar-refractivity contribution in [1.82, 2.24) is 0 Å². The fourth-order valence-electron chi connectivity index (χ4n) is 1.97. The smallest absolute Gasteiger partial charge is 0.102 e. The van der Waals surface area contributed by atoms with Crippen LogP contribution in [0.5, 0.6) is 0 Å². The summed E-state index contributed by atoms with van der Waals surface area (Å²) in [6, 6.07) is 20.5. The first kappa shape index (κ1) is 14.2. The van der Waals surface area contributed by atoms with E-state index in [1.54, 1.807) is 0 Å². The van der Waals surface area contributed by atoms with Crippen molar-refractivity contribution in [2.45, 2.75) is 19.1 Å². The summed E-state index contributed by atoms with van der Waals surface area (Å²) in [5, 5.41) is 1.24. The average molecular weight is 273 g/mol. The van der Waals surface area contributed by atoms with Crippen LogP contribution in [0, 0.1) is 0 Å². The van der Waals surface area contributed by atoms with E-state index in [1.165, 1.54) is 5.30 Å². The second-order valence-corrected chi connectivity index (χ2v) is 6.35. The minimum absolute atomic E-state index is 0.0314. The van der Waals surface area contributed by atoms with Crippen molar-refractivity contribution in [2.24, 2.45) is 5.73 Å². The molecule has 3 heteroatoms. The molecule has 0 radical (unpaired) electrons. The lowest BCUT2D eigenvalue weighted by atomic mass is 10.0. The van der Waals surface area contributed by atoms with Crippen LogP contribution in [-0.2, 0) is 4.52 Å². The molecule has 3 atom stereocenters. The number of hydrogen-bond donors (Lipinski definition) is 1. The van der Waals surface area contributed by atoms with Crippen LogP contribution >= 0.6 is 8.15 Å². The monoisotopic (exact) mass is 273 g/mol. The maximum absolute atomic E-state index is 6.22. The number of rotatable bonds is 5. The van der Waals surface area contributed by atoms with Gasteiger partial charge in [0.1, 0.15) is 6.10 Å². The predicted molar refractivity (Wildman–Crippen MR) is 82.8 cm³/mol. The van der Waals surface area contributed by atoms with Crippen molar-refractivity contribution >= 4 is 13.5 Å². The molecular formula is C16H20NOP. The van der Waals surface area contributed by atoms with Crippen LogP contribution in [0.1, 0.15) is 18.6 Å². The molecule has 0 unspecified atom stereocenters. The lowest BCUT2D eigenvalue weighted by molar-refractivity contribution is 0.206. The molecule has 0 aliphatic heterocycles. The van der Waals surface area contributed by atoms with E-state index in [9.17, 15) is 0 Å². The molecule has 0 amide bonds. The maximum atomic E-state index is 6.22. The van der Waals surface area contributed by atoms with E-state index in [1.807, 2.05) is 43.3 Å². The Morgan fingerprint density at radius 1 is 0.947 bits per heavy atom. The van der Waals surface area contributed by atoms with Crippen LogP contribution in [0.3, 0.4) is 0 Å². The molecule has 0 fully saturated rings. The van der Waals surface area contributed by atoms with Crippen molar-refractivity contribution in [3.8, 4) is 0 Å². The molecule has 2 rings (SSSR count). The van der Waals surface area contributed by atoms with Gasteiger partial charge >= 0.3 is 0 Å². The van der Waals surface area contributed by atoms with E-state index >= 15 is 0 Å². The van der Waals surface area contributed by atoms with Gasteiger partial charge < -0.3 is 10.3 Å². The highest BCUT2D eigenvalue weighted by Gasteiger charge is 2.20. The quantitative estimate of drug-likeness (QED) is 0.847. The fraction of sp³-hybridized carbons (Fsp3) is 0.250. The number of nitrogens with two attached hydrogens (primary N) is 1. The average Bonchev–Trinajstić information content (AvgIpc) is 2.46. The topological polar surface area (TPSA) is 35.2 Å². The zero-order valence-electron chi connectivity index (χ0n) is 11.4. The van der Waals surface area contributed by atoms with Crippen LogP contribution in [0.25, 0.3) is 0 Å². The van der Waals surface area contributed by atoms with Gasteiger partial charge in [0.05, 0.1) is 8.15 Å². The molecule has 0 saturated heterocycles. The highest BCUT2D eigenvalue weighted by atomic mass is 31.1. The van der Waals surface area contributed by atoms with Gasteiger partial charge in [-0.25, -0.2) is 0 Å². The molecular weight excluding hydrogens is 253 g/mol. The number of hydrogen-bond acceptors (Lipinski definition) is 2. The first-order chi connectivity index (χ1) is 9.18. The SMILES string of the molecule is C[C@H](N)[C@H](O[P@](C)c1ccccc1)c1ccccc1. The van der Waals surface area contributed by atoms with Gasteiger partial charge in [0, 0.05) is 11.3 Å². The molecule has 0 aliphatic rings. The van der Waals surface area contributed by atoms with Gasteiger partial charge in [-0.1, -0.05) is 60.7 Å². The largest absolute Gasteiger partial charge is 0.345 e. The second kappa shape index (κ2) is 6.81. The third-order valence-corrected chi connectivity index (χ3v) is 4.57. The molecule has 0 saturated carbocycles. The number of benzene rings is 2. The van der Waals surface area contributed by atoms with Crippen LogP contribution in [0.2, 0.25) is 0 Å². The minimum atomic E-state index is -0.651. The zero-order valence-corrected chi connectivity index (χ0v) is 12.3. The standard InChI is InChI=1S/C16H20NOP/c1-13(17)16(14-9-5-3-6-10-14)18-19(2)15-11-7-4-8-12-15/h3-13,16H,17H2,1-2H3/t13-,16-,19+/m0/s1. The third-order valence-electron chi connectivity index (χ3n) is 3.00. The Hall–Kier alpha value is -1.21. The van der Waals surface area contributed by atoms with E-state index in [4.69, 9.17) is 10.3 Å². The van der Waals surface area contributed by atoms with E-state index in [-0.39, 0.29) is 12.1 Å². The Labute approximate surface area is 116 Å². The summed E-state index contributed by atoms with van der Waals surface area (Å²) in [5.41, 5.74) is 7.22. The molecule has 0 spiro atoms. The van der Waals surface area contributed by atoms with Crippen molar-refractivity contribution in [3.05, 3.63) is 66.2 Å². The zero-order chi connectivity index (χ0) is 13.7. The fourth-order valence-corrected chi connectivity index (χ4v) is 3.34. The van der Waals surface area contributed by atoms with Gasteiger partial charge in [0.2, 0.25) is 0 Å². The van der Waals surface area contributed by atoms with Crippen molar-refractivity contribution in [3.63, 3.8) is 0 Å². The Morgan fingerprint density at radius 2 is 1.47 bits per heavy atom. The van der Waals surface area contributed by atoms with Gasteiger partial charge in [-0.2, -0.15) is 0 Å². The molecule has 0 aromatic heterocycles. The van der Waals surface area contributed by atoms with Crippen molar-refractivity contribution < 1.29 is 4.52 Å². The molecule has 2 N–H and O–H groups in total. The van der Waals surface area contributed by atoms with E-state index in [0.29, 0.717) is 0 Å². The summed E-state index contributed by atoms with van der Waals surface area (Å²) in [4.78, 5) is 0. The Morgan fingerprint density at radius 3 is 2.00 bits per heavy atom. The predicted octanol–water partition coefficient (Wildman–Crippen LogP) is 3.44. The molecule has 100 valence electrons. The lowest BCUT2D eigenvalue weighted by Gasteiger charge is -2.25. The summed E-state index contributed by atoms with van der Waals surface area (Å²) >= 11 is 0. The van der Waals surface area contributed by atoms with E-state index in [0.717, 1.165) is 5.56 Å². The molecule has 0 heterocycles. The molecule has 2 nitrogen and oxygen atoms in total. The third kappa shape index (κ3) is 3.87. The van der Waals surface area contributed by atoms with Crippen LogP contribution in [0.4, 0.5) is 0 Å². The van der Waals surface area contributed by atoms with Gasteiger partial charge in [-0.3, -0.25) is 0 Å². The van der Waals surface area contributed by atoms with Gasteiger partial charge in [0.25, 0.3) is 0 Å². The highest BCUT2D eigenvalue weighted by molar-refractivity contribution is 7.60. The second-order valence-electron chi connectivity index (χ2n) is 4.63. The summed E-state index contributed by atoms with van der Waals surface area (Å²) in [5.74, 6) is 0. The van der Waals surface area contributed by atoms with E-state index < -0.39 is 8.15 Å². The Balaban J connectivity index is 2.14. The molecule has 0 bridgehead atoms. The van der Waals surface area contributed by atoms with Gasteiger partial charge in [-0.05, 0) is 19.2 Å². The summed E-state index contributed by atoms with van der Waals surface area (Å²) in [6.45, 7) is 4.12.